The molecular formula is C10H12N4O. The lowest BCUT2D eigenvalue weighted by atomic mass is 10.2. The Morgan fingerprint density at radius 2 is 2.33 bits per heavy atom. The molecule has 0 spiro atoms. The Balaban J connectivity index is 2.15. The fraction of sp³-hybridized carbons (Fsp3) is 0.400. The number of hydrogen-bond acceptors (Lipinski definition) is 4. The Kier molecular flexibility index (Phi) is 1.85. The van der Waals surface area contributed by atoms with Gasteiger partial charge in [0, 0.05) is 12.0 Å². The number of nitrogens with two attached hydrogens (primary N) is 1. The molecule has 1 fully saturated rings. The molecule has 1 aliphatic rings. The molecule has 0 amide bonds. The quantitative estimate of drug-likeness (QED) is 0.751. The van der Waals surface area contributed by atoms with Gasteiger partial charge in [-0.2, -0.15) is 5.10 Å². The Bertz CT molecular complexity index is 487. The largest absolute Gasteiger partial charge is 0.397 e. The van der Waals surface area contributed by atoms with Crippen LogP contribution >= 0.6 is 0 Å². The van der Waals surface area contributed by atoms with Gasteiger partial charge in [0.2, 0.25) is 0 Å². The molecule has 2 aromatic heterocycles. The van der Waals surface area contributed by atoms with Gasteiger partial charge in [-0.05, 0) is 6.42 Å². The van der Waals surface area contributed by atoms with Crippen LogP contribution in [0.2, 0.25) is 0 Å². The monoisotopic (exact) mass is 204 g/mol. The van der Waals surface area contributed by atoms with Gasteiger partial charge in [-0.15, -0.1) is 0 Å². The minimum absolute atomic E-state index is 0.325. The average molecular weight is 204 g/mol. The van der Waals surface area contributed by atoms with E-state index in [-0.39, 0.29) is 0 Å². The van der Waals surface area contributed by atoms with Crippen LogP contribution in [0.4, 0.5) is 5.69 Å². The van der Waals surface area contributed by atoms with E-state index in [2.05, 4.69) is 10.1 Å². The van der Waals surface area contributed by atoms with Gasteiger partial charge < -0.3 is 10.5 Å². The van der Waals surface area contributed by atoms with Crippen molar-refractivity contribution < 1.29 is 4.74 Å². The summed E-state index contributed by atoms with van der Waals surface area (Å²) in [5.74, 6) is 0. The second kappa shape index (κ2) is 3.20. The van der Waals surface area contributed by atoms with Gasteiger partial charge in [-0.1, -0.05) is 0 Å². The first-order valence-electron chi connectivity index (χ1n) is 5.00. The lowest BCUT2D eigenvalue weighted by Gasteiger charge is -2.09. The third-order valence-corrected chi connectivity index (χ3v) is 2.81. The van der Waals surface area contributed by atoms with Gasteiger partial charge in [0.1, 0.15) is 0 Å². The van der Waals surface area contributed by atoms with Crippen molar-refractivity contribution in [1.29, 1.82) is 0 Å². The van der Waals surface area contributed by atoms with E-state index in [9.17, 15) is 0 Å². The summed E-state index contributed by atoms with van der Waals surface area (Å²) in [7, 11) is 0. The number of ether oxygens (including phenoxy) is 1. The first kappa shape index (κ1) is 8.67. The third kappa shape index (κ3) is 1.27. The van der Waals surface area contributed by atoms with Crippen LogP contribution in [0.25, 0.3) is 10.9 Å². The van der Waals surface area contributed by atoms with Gasteiger partial charge >= 0.3 is 0 Å². The molecule has 0 saturated carbocycles. The number of aromatic nitrogens is 3. The van der Waals surface area contributed by atoms with E-state index < -0.39 is 0 Å². The molecule has 0 radical (unpaired) electrons. The van der Waals surface area contributed by atoms with Crippen molar-refractivity contribution in [2.75, 3.05) is 18.9 Å². The van der Waals surface area contributed by atoms with Crippen molar-refractivity contribution in [3.05, 3.63) is 18.6 Å². The maximum atomic E-state index is 5.82. The molecule has 1 atom stereocenters. The average Bonchev–Trinajstić information content (AvgIpc) is 2.85. The normalized spacial score (nSPS) is 21.2. The summed E-state index contributed by atoms with van der Waals surface area (Å²) in [6, 6.07) is 0.325. The van der Waals surface area contributed by atoms with Crippen LogP contribution in [-0.2, 0) is 4.74 Å². The van der Waals surface area contributed by atoms with Crippen LogP contribution in [0.3, 0.4) is 0 Å². The summed E-state index contributed by atoms with van der Waals surface area (Å²) >= 11 is 0. The van der Waals surface area contributed by atoms with Crippen molar-refractivity contribution in [1.82, 2.24) is 14.8 Å². The Morgan fingerprint density at radius 3 is 3.13 bits per heavy atom. The van der Waals surface area contributed by atoms with E-state index >= 15 is 0 Å². The highest BCUT2D eigenvalue weighted by molar-refractivity contribution is 5.89. The summed E-state index contributed by atoms with van der Waals surface area (Å²) in [4.78, 5) is 4.09. The fourth-order valence-electron chi connectivity index (χ4n) is 1.99. The summed E-state index contributed by atoms with van der Waals surface area (Å²) < 4.78 is 7.31. The standard InChI is InChI=1S/C10H12N4O/c11-9-4-12-5-10-8(9)3-13-14(10)7-1-2-15-6-7/h3-5,7H,1-2,6,11H2. The van der Waals surface area contributed by atoms with Crippen LogP contribution in [0, 0.1) is 0 Å². The zero-order valence-electron chi connectivity index (χ0n) is 8.26. The van der Waals surface area contributed by atoms with E-state index in [1.165, 1.54) is 0 Å². The molecule has 1 saturated heterocycles. The predicted octanol–water partition coefficient (Wildman–Crippen LogP) is 0.975. The second-order valence-corrected chi connectivity index (χ2v) is 3.77. The minimum atomic E-state index is 0.325. The summed E-state index contributed by atoms with van der Waals surface area (Å²) in [5.41, 5.74) is 7.49. The lowest BCUT2D eigenvalue weighted by Crippen LogP contribution is -2.09. The molecule has 2 aromatic rings. The molecule has 3 rings (SSSR count). The first-order chi connectivity index (χ1) is 7.36. The summed E-state index contributed by atoms with van der Waals surface area (Å²) in [6.45, 7) is 1.54. The van der Waals surface area contributed by atoms with Crippen molar-refractivity contribution >= 4 is 16.6 Å². The molecular weight excluding hydrogens is 192 g/mol. The first-order valence-corrected chi connectivity index (χ1v) is 5.00. The molecule has 0 aromatic carbocycles. The maximum Gasteiger partial charge on any atom is 0.0890 e. The van der Waals surface area contributed by atoms with Gasteiger partial charge in [0.25, 0.3) is 0 Å². The Labute approximate surface area is 86.8 Å². The highest BCUT2D eigenvalue weighted by Crippen LogP contribution is 2.25. The molecule has 15 heavy (non-hydrogen) atoms. The highest BCUT2D eigenvalue weighted by Gasteiger charge is 2.20. The zero-order valence-corrected chi connectivity index (χ0v) is 8.26. The smallest absolute Gasteiger partial charge is 0.0890 e. The van der Waals surface area contributed by atoms with E-state index in [1.54, 1.807) is 18.6 Å². The third-order valence-electron chi connectivity index (χ3n) is 2.81. The predicted molar refractivity (Wildman–Crippen MR) is 56.4 cm³/mol. The molecule has 78 valence electrons. The topological polar surface area (TPSA) is 66.0 Å². The highest BCUT2D eigenvalue weighted by atomic mass is 16.5. The fourth-order valence-corrected chi connectivity index (χ4v) is 1.99. The number of rotatable bonds is 1. The Hall–Kier alpha value is -1.62. The molecule has 0 aliphatic carbocycles. The molecule has 5 heteroatoms. The van der Waals surface area contributed by atoms with Gasteiger partial charge in [0.15, 0.2) is 0 Å². The SMILES string of the molecule is Nc1cncc2c1cnn2C1CCOC1. The van der Waals surface area contributed by atoms with E-state index in [0.29, 0.717) is 11.7 Å². The maximum absolute atomic E-state index is 5.82. The number of pyridine rings is 1. The molecule has 0 bridgehead atoms. The molecule has 3 heterocycles. The van der Waals surface area contributed by atoms with Gasteiger partial charge in [-0.25, -0.2) is 0 Å². The molecule has 1 aliphatic heterocycles. The number of anilines is 1. The van der Waals surface area contributed by atoms with Gasteiger partial charge in [0.05, 0.1) is 42.4 Å². The van der Waals surface area contributed by atoms with Gasteiger partial charge in [-0.3, -0.25) is 9.67 Å². The van der Waals surface area contributed by atoms with Crippen LogP contribution in [0.5, 0.6) is 0 Å². The van der Waals surface area contributed by atoms with Crippen LogP contribution in [0.15, 0.2) is 18.6 Å². The van der Waals surface area contributed by atoms with E-state index in [4.69, 9.17) is 10.5 Å². The summed E-state index contributed by atoms with van der Waals surface area (Å²) in [6.07, 6.45) is 6.26. The number of fused-ring (bicyclic) bond motifs is 1. The number of nitrogens with zero attached hydrogens (tertiary/aromatic N) is 3. The molecule has 2 N–H and O–H groups in total. The molecule has 1 unspecified atom stereocenters. The minimum Gasteiger partial charge on any atom is -0.397 e. The number of hydrogen-bond donors (Lipinski definition) is 1. The van der Waals surface area contributed by atoms with E-state index in [0.717, 1.165) is 30.5 Å². The Morgan fingerprint density at radius 1 is 1.40 bits per heavy atom. The number of nitrogen functional groups attached to an aromatic ring is 1. The van der Waals surface area contributed by atoms with Crippen molar-refractivity contribution in [3.8, 4) is 0 Å². The zero-order chi connectivity index (χ0) is 10.3. The second-order valence-electron chi connectivity index (χ2n) is 3.77. The van der Waals surface area contributed by atoms with Crippen LogP contribution in [0.1, 0.15) is 12.5 Å². The van der Waals surface area contributed by atoms with E-state index in [1.807, 2.05) is 4.68 Å². The van der Waals surface area contributed by atoms with Crippen molar-refractivity contribution in [2.24, 2.45) is 0 Å². The van der Waals surface area contributed by atoms with Crippen molar-refractivity contribution in [3.63, 3.8) is 0 Å². The van der Waals surface area contributed by atoms with Crippen LogP contribution < -0.4 is 5.73 Å². The molecule has 5 nitrogen and oxygen atoms in total. The van der Waals surface area contributed by atoms with Crippen LogP contribution in [-0.4, -0.2) is 28.0 Å². The van der Waals surface area contributed by atoms with Crippen molar-refractivity contribution in [2.45, 2.75) is 12.5 Å². The lowest BCUT2D eigenvalue weighted by molar-refractivity contribution is 0.185. The summed E-state index contributed by atoms with van der Waals surface area (Å²) in [5, 5.41) is 5.32.